The molecular weight excluding hydrogens is 480 g/mol. The highest BCUT2D eigenvalue weighted by Crippen LogP contribution is 2.31. The number of ether oxygens (including phenoxy) is 1. The van der Waals surface area contributed by atoms with Gasteiger partial charge in [-0.25, -0.2) is 0 Å². The van der Waals surface area contributed by atoms with Gasteiger partial charge < -0.3 is 9.64 Å². The van der Waals surface area contributed by atoms with Crippen molar-refractivity contribution < 1.29 is 9.66 Å². The molecule has 0 unspecified atom stereocenters. The van der Waals surface area contributed by atoms with Gasteiger partial charge in [0, 0.05) is 29.3 Å². The number of benzene rings is 4. The summed E-state index contributed by atoms with van der Waals surface area (Å²) >= 11 is 3.43. The van der Waals surface area contributed by atoms with Crippen LogP contribution in [0.2, 0.25) is 0 Å². The van der Waals surface area contributed by atoms with Crippen LogP contribution in [0, 0.1) is 17.0 Å². The Morgan fingerprint density at radius 3 is 1.97 bits per heavy atom. The summed E-state index contributed by atoms with van der Waals surface area (Å²) in [5.41, 5.74) is 3.86. The van der Waals surface area contributed by atoms with E-state index in [2.05, 4.69) is 33.0 Å². The maximum Gasteiger partial charge on any atom is 0.274 e. The molecule has 166 valence electrons. The van der Waals surface area contributed by atoms with Gasteiger partial charge in [0.1, 0.15) is 11.5 Å². The van der Waals surface area contributed by atoms with E-state index >= 15 is 0 Å². The second-order valence-electron chi connectivity index (χ2n) is 7.72. The van der Waals surface area contributed by atoms with Crippen molar-refractivity contribution >= 4 is 27.3 Å². The van der Waals surface area contributed by atoms with Crippen LogP contribution in [-0.4, -0.2) is 4.92 Å². The largest absolute Gasteiger partial charge is 0.457 e. The number of nitro groups is 1. The first kappa shape index (κ1) is 22.6. The van der Waals surface area contributed by atoms with Crippen molar-refractivity contribution in [3.8, 4) is 11.5 Å². The second-order valence-corrected chi connectivity index (χ2v) is 8.64. The minimum atomic E-state index is -0.326. The highest BCUT2D eigenvalue weighted by molar-refractivity contribution is 9.10. The number of nitrogens with zero attached hydrogens (tertiary/aromatic N) is 2. The van der Waals surface area contributed by atoms with Crippen LogP contribution in [0.1, 0.15) is 16.7 Å². The molecule has 0 saturated carbocycles. The quantitative estimate of drug-likeness (QED) is 0.183. The molecule has 0 aliphatic rings. The summed E-state index contributed by atoms with van der Waals surface area (Å²) in [6.45, 7) is 3.05. The zero-order valence-electron chi connectivity index (χ0n) is 18.1. The van der Waals surface area contributed by atoms with E-state index in [9.17, 15) is 10.1 Å². The third-order valence-electron chi connectivity index (χ3n) is 5.38. The zero-order valence-corrected chi connectivity index (χ0v) is 19.7. The molecule has 0 aliphatic heterocycles. The normalized spacial score (nSPS) is 10.6. The lowest BCUT2D eigenvalue weighted by Crippen LogP contribution is -2.23. The molecule has 0 spiro atoms. The van der Waals surface area contributed by atoms with Gasteiger partial charge in [-0.05, 0) is 60.5 Å². The first-order valence-electron chi connectivity index (χ1n) is 10.5. The molecule has 0 heterocycles. The van der Waals surface area contributed by atoms with Crippen LogP contribution in [0.3, 0.4) is 0 Å². The van der Waals surface area contributed by atoms with Gasteiger partial charge in [0.2, 0.25) is 0 Å². The standard InChI is InChI=1S/C27H23BrN2O3/c1-20-26(8-5-9-27(20)30(31)32)29(18-21-6-3-2-4-7-21)19-22-10-14-24(15-11-22)33-25-16-12-23(28)13-17-25/h2-17H,18-19H2,1H3. The Hall–Kier alpha value is -3.64. The molecular formula is C27H23BrN2O3. The summed E-state index contributed by atoms with van der Waals surface area (Å²) in [4.78, 5) is 13.3. The van der Waals surface area contributed by atoms with Gasteiger partial charge in [-0.1, -0.05) is 64.5 Å². The van der Waals surface area contributed by atoms with Crippen molar-refractivity contribution in [2.75, 3.05) is 4.90 Å². The molecule has 0 fully saturated rings. The highest BCUT2D eigenvalue weighted by atomic mass is 79.9. The van der Waals surface area contributed by atoms with Crippen molar-refractivity contribution in [1.82, 2.24) is 0 Å². The molecule has 4 aromatic rings. The highest BCUT2D eigenvalue weighted by Gasteiger charge is 2.18. The Bertz CT molecular complexity index is 1230. The van der Waals surface area contributed by atoms with Crippen molar-refractivity contribution in [3.05, 3.63) is 128 Å². The molecule has 0 saturated heterocycles. The number of anilines is 1. The van der Waals surface area contributed by atoms with Crippen LogP contribution in [0.15, 0.2) is 102 Å². The number of halogens is 1. The lowest BCUT2D eigenvalue weighted by atomic mass is 10.1. The summed E-state index contributed by atoms with van der Waals surface area (Å²) in [5, 5.41) is 11.5. The summed E-state index contributed by atoms with van der Waals surface area (Å²) in [6, 6.07) is 31.0. The molecule has 4 aromatic carbocycles. The zero-order chi connectivity index (χ0) is 23.2. The molecule has 5 nitrogen and oxygen atoms in total. The Morgan fingerprint density at radius 1 is 0.788 bits per heavy atom. The molecule has 33 heavy (non-hydrogen) atoms. The molecule has 0 amide bonds. The predicted molar refractivity (Wildman–Crippen MR) is 135 cm³/mol. The number of hydrogen-bond acceptors (Lipinski definition) is 4. The van der Waals surface area contributed by atoms with Gasteiger partial charge in [0.15, 0.2) is 0 Å². The maximum atomic E-state index is 11.5. The number of rotatable bonds is 8. The van der Waals surface area contributed by atoms with Crippen molar-refractivity contribution in [2.45, 2.75) is 20.0 Å². The summed E-state index contributed by atoms with van der Waals surface area (Å²) in [6.07, 6.45) is 0. The third-order valence-corrected chi connectivity index (χ3v) is 5.91. The Morgan fingerprint density at radius 2 is 1.36 bits per heavy atom. The average Bonchev–Trinajstić information content (AvgIpc) is 2.82. The summed E-state index contributed by atoms with van der Waals surface area (Å²) in [5.74, 6) is 1.52. The van der Waals surface area contributed by atoms with Gasteiger partial charge in [-0.15, -0.1) is 0 Å². The van der Waals surface area contributed by atoms with Gasteiger partial charge in [-0.3, -0.25) is 10.1 Å². The van der Waals surface area contributed by atoms with Crippen LogP contribution in [0.25, 0.3) is 0 Å². The van der Waals surface area contributed by atoms with Crippen molar-refractivity contribution in [2.24, 2.45) is 0 Å². The Balaban J connectivity index is 1.58. The van der Waals surface area contributed by atoms with E-state index in [0.29, 0.717) is 18.7 Å². The lowest BCUT2D eigenvalue weighted by molar-refractivity contribution is -0.385. The maximum absolute atomic E-state index is 11.5. The first-order valence-corrected chi connectivity index (χ1v) is 11.3. The van der Waals surface area contributed by atoms with Crippen LogP contribution in [0.4, 0.5) is 11.4 Å². The first-order chi connectivity index (χ1) is 16.0. The minimum absolute atomic E-state index is 0.129. The summed E-state index contributed by atoms with van der Waals surface area (Å²) in [7, 11) is 0. The fraction of sp³-hybridized carbons (Fsp3) is 0.111. The van der Waals surface area contributed by atoms with E-state index in [1.54, 1.807) is 19.1 Å². The molecule has 6 heteroatoms. The molecule has 0 radical (unpaired) electrons. The third kappa shape index (κ3) is 5.79. The minimum Gasteiger partial charge on any atom is -0.457 e. The fourth-order valence-corrected chi connectivity index (χ4v) is 3.97. The van der Waals surface area contributed by atoms with Crippen LogP contribution in [-0.2, 0) is 13.1 Å². The van der Waals surface area contributed by atoms with Crippen LogP contribution in [0.5, 0.6) is 11.5 Å². The molecule has 4 rings (SSSR count). The van der Waals surface area contributed by atoms with Gasteiger partial charge in [0.25, 0.3) is 5.69 Å². The molecule has 0 bridgehead atoms. The van der Waals surface area contributed by atoms with Crippen molar-refractivity contribution in [1.29, 1.82) is 0 Å². The molecule has 0 N–H and O–H groups in total. The fourth-order valence-electron chi connectivity index (χ4n) is 3.70. The van der Waals surface area contributed by atoms with Crippen molar-refractivity contribution in [3.63, 3.8) is 0 Å². The summed E-state index contributed by atoms with van der Waals surface area (Å²) < 4.78 is 6.93. The topological polar surface area (TPSA) is 55.6 Å². The van der Waals surface area contributed by atoms with E-state index in [1.165, 1.54) is 0 Å². The Kier molecular flexibility index (Phi) is 7.05. The predicted octanol–water partition coefficient (Wildman–Crippen LogP) is 7.66. The molecule has 0 aliphatic carbocycles. The Labute approximate surface area is 201 Å². The van der Waals surface area contributed by atoms with E-state index in [0.717, 1.165) is 32.8 Å². The van der Waals surface area contributed by atoms with Gasteiger partial charge in [0.05, 0.1) is 10.5 Å². The van der Waals surface area contributed by atoms with Gasteiger partial charge in [-0.2, -0.15) is 0 Å². The second kappa shape index (κ2) is 10.3. The number of nitro benzene ring substituents is 1. The van der Waals surface area contributed by atoms with E-state index in [-0.39, 0.29) is 10.6 Å². The lowest BCUT2D eigenvalue weighted by Gasteiger charge is -2.27. The van der Waals surface area contributed by atoms with Gasteiger partial charge >= 0.3 is 0 Å². The van der Waals surface area contributed by atoms with E-state index in [1.807, 2.05) is 72.8 Å². The van der Waals surface area contributed by atoms with Crippen LogP contribution >= 0.6 is 15.9 Å². The number of hydrogen-bond donors (Lipinski definition) is 0. The molecule has 0 atom stereocenters. The van der Waals surface area contributed by atoms with E-state index < -0.39 is 0 Å². The SMILES string of the molecule is Cc1c(N(Cc2ccccc2)Cc2ccc(Oc3ccc(Br)cc3)cc2)cccc1[N+](=O)[O-]. The molecule has 0 aromatic heterocycles. The average molecular weight is 503 g/mol. The smallest absolute Gasteiger partial charge is 0.274 e. The van der Waals surface area contributed by atoms with Crippen LogP contribution < -0.4 is 9.64 Å². The van der Waals surface area contributed by atoms with E-state index in [4.69, 9.17) is 4.74 Å². The monoisotopic (exact) mass is 502 g/mol.